The number of anilines is 1. The number of sulfonamides is 1. The molecule has 7 heteroatoms. The molecule has 6 nitrogen and oxygen atoms in total. The van der Waals surface area contributed by atoms with Crippen LogP contribution in [0.3, 0.4) is 0 Å². The van der Waals surface area contributed by atoms with Crippen LogP contribution in [0.4, 0.5) is 5.69 Å². The number of aryl methyl sites for hydroxylation is 2. The van der Waals surface area contributed by atoms with Gasteiger partial charge in [-0.05, 0) is 20.8 Å². The van der Waals surface area contributed by atoms with Crippen molar-refractivity contribution in [1.29, 1.82) is 5.26 Å². The van der Waals surface area contributed by atoms with Crippen LogP contribution in [0.15, 0.2) is 0 Å². The number of nitrogens with zero attached hydrogens (tertiary/aromatic N) is 2. The van der Waals surface area contributed by atoms with E-state index in [0.29, 0.717) is 17.1 Å². The average molecular weight is 228 g/mol. The summed E-state index contributed by atoms with van der Waals surface area (Å²) in [6.45, 7) is 4.71. The van der Waals surface area contributed by atoms with Crippen molar-refractivity contribution in [3.05, 3.63) is 11.4 Å². The van der Waals surface area contributed by atoms with Crippen LogP contribution in [0, 0.1) is 25.2 Å². The van der Waals surface area contributed by atoms with E-state index in [1.54, 1.807) is 19.9 Å². The maximum absolute atomic E-state index is 11.6. The third-order valence-electron chi connectivity index (χ3n) is 2.02. The van der Waals surface area contributed by atoms with Crippen LogP contribution in [-0.2, 0) is 10.0 Å². The highest BCUT2D eigenvalue weighted by Gasteiger charge is 2.22. The Morgan fingerprint density at radius 3 is 2.53 bits per heavy atom. The molecular weight excluding hydrogens is 216 g/mol. The summed E-state index contributed by atoms with van der Waals surface area (Å²) in [4.78, 5) is 0. The zero-order chi connectivity index (χ0) is 11.6. The summed E-state index contributed by atoms with van der Waals surface area (Å²) in [5.74, 6) is 0. The molecule has 1 unspecified atom stereocenters. The minimum absolute atomic E-state index is 0.414. The Bertz CT molecular complexity index is 478. The van der Waals surface area contributed by atoms with Gasteiger partial charge in [-0.2, -0.15) is 10.4 Å². The number of nitriles is 1. The highest BCUT2D eigenvalue weighted by Crippen LogP contribution is 2.18. The van der Waals surface area contributed by atoms with E-state index >= 15 is 0 Å². The van der Waals surface area contributed by atoms with E-state index in [1.165, 1.54) is 6.92 Å². The third-order valence-corrected chi connectivity index (χ3v) is 3.54. The number of hydrogen-bond donors (Lipinski definition) is 2. The van der Waals surface area contributed by atoms with Crippen molar-refractivity contribution in [1.82, 2.24) is 10.2 Å². The van der Waals surface area contributed by atoms with Gasteiger partial charge in [0.05, 0.1) is 23.1 Å². The first-order valence-corrected chi connectivity index (χ1v) is 5.86. The molecule has 0 aliphatic heterocycles. The van der Waals surface area contributed by atoms with Crippen molar-refractivity contribution >= 4 is 15.7 Å². The summed E-state index contributed by atoms with van der Waals surface area (Å²) in [5, 5.41) is 14.0. The van der Waals surface area contributed by atoms with Crippen LogP contribution in [-0.4, -0.2) is 23.9 Å². The van der Waals surface area contributed by atoms with E-state index in [2.05, 4.69) is 14.9 Å². The van der Waals surface area contributed by atoms with E-state index in [4.69, 9.17) is 5.26 Å². The maximum atomic E-state index is 11.6. The second-order valence-corrected chi connectivity index (χ2v) is 5.23. The quantitative estimate of drug-likeness (QED) is 0.794. The van der Waals surface area contributed by atoms with Gasteiger partial charge in [0.1, 0.15) is 0 Å². The maximum Gasteiger partial charge on any atom is 0.248 e. The number of nitrogens with one attached hydrogen (secondary N) is 2. The van der Waals surface area contributed by atoms with Crippen molar-refractivity contribution in [2.24, 2.45) is 0 Å². The molecule has 1 rings (SSSR count). The van der Waals surface area contributed by atoms with Gasteiger partial charge in [0.2, 0.25) is 10.0 Å². The summed E-state index contributed by atoms with van der Waals surface area (Å²) in [5.41, 5.74) is 1.60. The van der Waals surface area contributed by atoms with Gasteiger partial charge in [0, 0.05) is 0 Å². The predicted octanol–water partition coefficient (Wildman–Crippen LogP) is 0.680. The fourth-order valence-corrected chi connectivity index (χ4v) is 1.90. The molecule has 0 radical (unpaired) electrons. The Labute approximate surface area is 88.4 Å². The molecule has 0 fully saturated rings. The van der Waals surface area contributed by atoms with Gasteiger partial charge in [0.15, 0.2) is 5.25 Å². The monoisotopic (exact) mass is 228 g/mol. The molecular formula is C8H12N4O2S. The van der Waals surface area contributed by atoms with Crippen LogP contribution in [0.2, 0.25) is 0 Å². The number of hydrogen-bond acceptors (Lipinski definition) is 4. The molecule has 0 amide bonds. The van der Waals surface area contributed by atoms with Crippen LogP contribution in [0.25, 0.3) is 0 Å². The second kappa shape index (κ2) is 3.90. The molecule has 82 valence electrons. The van der Waals surface area contributed by atoms with Gasteiger partial charge >= 0.3 is 0 Å². The molecule has 1 aromatic rings. The Kier molecular flexibility index (Phi) is 3.00. The van der Waals surface area contributed by atoms with E-state index in [9.17, 15) is 8.42 Å². The van der Waals surface area contributed by atoms with Crippen LogP contribution in [0.5, 0.6) is 0 Å². The van der Waals surface area contributed by atoms with E-state index in [1.807, 2.05) is 0 Å². The zero-order valence-electron chi connectivity index (χ0n) is 8.70. The Balaban J connectivity index is 3.03. The van der Waals surface area contributed by atoms with Crippen molar-refractivity contribution in [3.8, 4) is 6.07 Å². The summed E-state index contributed by atoms with van der Waals surface area (Å²) in [7, 11) is -3.65. The second-order valence-electron chi connectivity index (χ2n) is 3.23. The Morgan fingerprint density at radius 1 is 1.53 bits per heavy atom. The van der Waals surface area contributed by atoms with Gasteiger partial charge in [-0.15, -0.1) is 0 Å². The minimum Gasteiger partial charge on any atom is -0.280 e. The van der Waals surface area contributed by atoms with Crippen LogP contribution >= 0.6 is 0 Å². The predicted molar refractivity (Wildman–Crippen MR) is 55.7 cm³/mol. The van der Waals surface area contributed by atoms with Gasteiger partial charge in [-0.1, -0.05) is 0 Å². The molecule has 1 aromatic heterocycles. The lowest BCUT2D eigenvalue weighted by atomic mass is 10.3. The molecule has 0 aromatic carbocycles. The van der Waals surface area contributed by atoms with Crippen LogP contribution in [0.1, 0.15) is 18.3 Å². The highest BCUT2D eigenvalue weighted by atomic mass is 32.2. The summed E-state index contributed by atoms with van der Waals surface area (Å²) < 4.78 is 25.5. The van der Waals surface area contributed by atoms with Crippen LogP contribution < -0.4 is 4.72 Å². The molecule has 0 aliphatic rings. The summed E-state index contributed by atoms with van der Waals surface area (Å²) >= 11 is 0. The van der Waals surface area contributed by atoms with Crippen molar-refractivity contribution in [2.45, 2.75) is 26.0 Å². The standard InChI is InChI=1S/C8H12N4O2S/c1-5(4-9)15(13,14)12-8-6(2)10-11-7(8)3/h5,12H,1-3H3,(H,10,11). The number of aromatic nitrogens is 2. The topological polar surface area (TPSA) is 98.6 Å². The molecule has 0 bridgehead atoms. The van der Waals surface area contributed by atoms with E-state index < -0.39 is 15.3 Å². The first kappa shape index (κ1) is 11.5. The molecule has 1 heterocycles. The lowest BCUT2D eigenvalue weighted by molar-refractivity contribution is 0.597. The van der Waals surface area contributed by atoms with Gasteiger partial charge in [0.25, 0.3) is 0 Å². The Morgan fingerprint density at radius 2 is 2.13 bits per heavy atom. The SMILES string of the molecule is Cc1n[nH]c(C)c1NS(=O)(=O)C(C)C#N. The zero-order valence-corrected chi connectivity index (χ0v) is 9.51. The fraction of sp³-hybridized carbons (Fsp3) is 0.500. The molecule has 0 saturated heterocycles. The average Bonchev–Trinajstić information content (AvgIpc) is 2.47. The highest BCUT2D eigenvalue weighted by molar-refractivity contribution is 7.93. The van der Waals surface area contributed by atoms with Gasteiger partial charge in [-0.3, -0.25) is 9.82 Å². The number of rotatable bonds is 3. The minimum atomic E-state index is -3.65. The van der Waals surface area contributed by atoms with Crippen molar-refractivity contribution in [3.63, 3.8) is 0 Å². The van der Waals surface area contributed by atoms with Gasteiger partial charge in [-0.25, -0.2) is 8.42 Å². The summed E-state index contributed by atoms with van der Waals surface area (Å²) in [6, 6.07) is 1.68. The van der Waals surface area contributed by atoms with Gasteiger partial charge < -0.3 is 0 Å². The first-order valence-electron chi connectivity index (χ1n) is 4.31. The lowest BCUT2D eigenvalue weighted by Crippen LogP contribution is -2.24. The Hall–Kier alpha value is -1.55. The smallest absolute Gasteiger partial charge is 0.248 e. The molecule has 15 heavy (non-hydrogen) atoms. The van der Waals surface area contributed by atoms with Crippen molar-refractivity contribution in [2.75, 3.05) is 4.72 Å². The fourth-order valence-electron chi connectivity index (χ4n) is 1.00. The van der Waals surface area contributed by atoms with E-state index in [0.717, 1.165) is 0 Å². The largest absolute Gasteiger partial charge is 0.280 e. The molecule has 2 N–H and O–H groups in total. The molecule has 0 spiro atoms. The normalized spacial score (nSPS) is 13.2. The lowest BCUT2D eigenvalue weighted by Gasteiger charge is -2.08. The molecule has 0 aliphatic carbocycles. The number of H-pyrrole nitrogens is 1. The molecule has 1 atom stereocenters. The van der Waals surface area contributed by atoms with Crippen molar-refractivity contribution < 1.29 is 8.42 Å². The number of aromatic amines is 1. The van der Waals surface area contributed by atoms with E-state index in [-0.39, 0.29) is 0 Å². The summed E-state index contributed by atoms with van der Waals surface area (Å²) in [6.07, 6.45) is 0. The molecule has 0 saturated carbocycles. The first-order chi connectivity index (χ1) is 6.88. The third kappa shape index (κ3) is 2.27.